The molecule has 8 aliphatic carbocycles. The second-order valence-electron chi connectivity index (χ2n) is 30.1. The lowest BCUT2D eigenvalue weighted by Gasteiger charge is -2.74. The fourth-order valence-electron chi connectivity index (χ4n) is 21.9. The summed E-state index contributed by atoms with van der Waals surface area (Å²) in [5.41, 5.74) is 4.30. The topological polar surface area (TPSA) is 187 Å². The number of ketones is 3. The summed E-state index contributed by atoms with van der Waals surface area (Å²) in [6.07, 6.45) is 15.7. The number of aliphatic hydroxyl groups excluding tert-OH is 3. The second kappa shape index (κ2) is 18.8. The zero-order valence-corrected chi connectivity index (χ0v) is 49.5. The molecule has 2 spiro atoms. The summed E-state index contributed by atoms with van der Waals surface area (Å²) in [6, 6.07) is 4.66. The minimum Gasteiger partial charge on any atom is -0.393 e. The maximum absolute atomic E-state index is 16.2. The van der Waals surface area contributed by atoms with Gasteiger partial charge in [-0.25, -0.2) is 0 Å². The van der Waals surface area contributed by atoms with Crippen molar-refractivity contribution in [2.75, 3.05) is 26.8 Å². The van der Waals surface area contributed by atoms with Crippen LogP contribution in [0.3, 0.4) is 0 Å². The molecule has 14 rings (SSSR count). The molecule has 3 aliphatic heterocycles. The fraction of sp³-hybridized carbons (Fsp3) is 0.725. The molecule has 3 aromatic rings. The standard InChI is InChI=1S/C69H91N3O9/c1-62(2)61(81-62)51(76)33-64(4)42-15-11-12-20-68-22-19-52-63(3,23-26-70-7)53(77)35-67(21-18-43(73)32-67)66(52,6)60(68)59(78)47(55-56(64)50(75)34-65(55,68)5)38-72-37-46(57-58(72)41(29-42)36-71-57)54-45-30-40(39-13-9-8-10-14-39)31-48(44(45)16-17-49(54)74)69(79)24-27-80-28-25-69/h30-31,36-37,39,42-43,47,51-52,54,59-61,70-71,73,76,78-79H,8-10,13-29,32-35,38H2,1-7H3/t42-,43-,47-,51-,52+,54+,59-,60-,61-,63+,64-,65+,66-,67-,68+/m1/s1. The molecular formula is C69H91N3O9. The van der Waals surface area contributed by atoms with Crippen molar-refractivity contribution in [2.45, 2.75) is 230 Å². The highest BCUT2D eigenvalue weighted by atomic mass is 16.6. The van der Waals surface area contributed by atoms with Gasteiger partial charge >= 0.3 is 0 Å². The van der Waals surface area contributed by atoms with Gasteiger partial charge in [0.1, 0.15) is 17.7 Å². The lowest BCUT2D eigenvalue weighted by atomic mass is 9.29. The maximum atomic E-state index is 16.2. The van der Waals surface area contributed by atoms with E-state index >= 15 is 14.4 Å². The molecule has 0 unspecified atom stereocenters. The third kappa shape index (κ3) is 7.62. The quantitative estimate of drug-likeness (QED) is 0.0890. The van der Waals surface area contributed by atoms with Crippen molar-refractivity contribution in [1.82, 2.24) is 14.9 Å². The number of benzene rings is 1. The smallest absolute Gasteiger partial charge is 0.160 e. The van der Waals surface area contributed by atoms with Crippen molar-refractivity contribution in [1.29, 1.82) is 0 Å². The van der Waals surface area contributed by atoms with Crippen LogP contribution in [0.25, 0.3) is 11.0 Å². The molecule has 12 nitrogen and oxygen atoms in total. The number of aromatic amines is 1. The molecule has 0 radical (unpaired) electrons. The molecule has 12 heteroatoms. The number of nitrogens with zero attached hydrogens (tertiary/aromatic N) is 1. The molecule has 15 atom stereocenters. The van der Waals surface area contributed by atoms with E-state index in [1.807, 2.05) is 20.9 Å². The van der Waals surface area contributed by atoms with Crippen LogP contribution in [0.4, 0.5) is 0 Å². The number of nitrogens with one attached hydrogen (secondary N) is 2. The first kappa shape index (κ1) is 55.0. The van der Waals surface area contributed by atoms with Gasteiger partial charge in [0, 0.05) is 110 Å². The minimum absolute atomic E-state index is 0.0865. The highest BCUT2D eigenvalue weighted by molar-refractivity contribution is 6.02. The first-order valence-corrected chi connectivity index (χ1v) is 31.9. The Hall–Kier alpha value is -3.93. The van der Waals surface area contributed by atoms with Crippen molar-refractivity contribution in [2.24, 2.45) is 56.2 Å². The predicted octanol–water partition coefficient (Wildman–Crippen LogP) is 9.97. The molecule has 0 amide bonds. The average Bonchev–Trinajstić information content (AvgIpc) is 1.93. The number of carbonyl (C=O) groups is 3. The molecule has 436 valence electrons. The van der Waals surface area contributed by atoms with Gasteiger partial charge in [-0.15, -0.1) is 11.8 Å². The summed E-state index contributed by atoms with van der Waals surface area (Å²) < 4.78 is 14.4. The monoisotopic (exact) mass is 1110 g/mol. The van der Waals surface area contributed by atoms with Gasteiger partial charge in [-0.1, -0.05) is 59.1 Å². The summed E-state index contributed by atoms with van der Waals surface area (Å²) in [6.45, 7) is 15.3. The number of allylic oxidation sites excluding steroid dienone is 1. The zero-order chi connectivity index (χ0) is 56.6. The number of carbonyl (C=O) groups excluding carboxylic acids is 3. The summed E-state index contributed by atoms with van der Waals surface area (Å²) in [4.78, 5) is 50.4. The zero-order valence-electron chi connectivity index (χ0n) is 49.5. The Labute approximate surface area is 479 Å². The highest BCUT2D eigenvalue weighted by Crippen LogP contribution is 2.81. The summed E-state index contributed by atoms with van der Waals surface area (Å²) >= 11 is 0. The number of Topliss-reactive ketones (excluding diaryl/α,β-unsaturated/α-hetero) is 3. The van der Waals surface area contributed by atoms with E-state index in [4.69, 9.17) is 9.47 Å². The Kier molecular flexibility index (Phi) is 12.7. The van der Waals surface area contributed by atoms with Gasteiger partial charge in [0.25, 0.3) is 0 Å². The number of hydrogen-bond donors (Lipinski definition) is 6. The normalized spacial score (nSPS) is 41.7. The molecule has 5 bridgehead atoms. The van der Waals surface area contributed by atoms with Crippen LogP contribution in [0.2, 0.25) is 0 Å². The molecule has 1 aromatic carbocycles. The Morgan fingerprint density at radius 3 is 2.38 bits per heavy atom. The van der Waals surface area contributed by atoms with Crippen molar-refractivity contribution in [3.63, 3.8) is 0 Å². The van der Waals surface area contributed by atoms with Crippen LogP contribution in [-0.4, -0.2) is 104 Å². The van der Waals surface area contributed by atoms with Crippen LogP contribution in [0.5, 0.6) is 0 Å². The molecule has 11 aliphatic rings. The number of epoxide rings is 1. The Bertz CT molecular complexity index is 3220. The van der Waals surface area contributed by atoms with E-state index in [2.05, 4.69) is 78.9 Å². The van der Waals surface area contributed by atoms with E-state index in [0.717, 1.165) is 82.1 Å². The van der Waals surface area contributed by atoms with Gasteiger partial charge in [-0.2, -0.15) is 0 Å². The molecule has 5 saturated carbocycles. The van der Waals surface area contributed by atoms with E-state index in [1.165, 1.54) is 12.0 Å². The molecule has 2 saturated heterocycles. The summed E-state index contributed by atoms with van der Waals surface area (Å²) in [5.74, 6) is 6.72. The molecule has 81 heavy (non-hydrogen) atoms. The van der Waals surface area contributed by atoms with Crippen LogP contribution in [-0.2, 0) is 48.8 Å². The van der Waals surface area contributed by atoms with Gasteiger partial charge in [0.2, 0.25) is 0 Å². The van der Waals surface area contributed by atoms with Crippen LogP contribution in [0.15, 0.2) is 35.7 Å². The Balaban J connectivity index is 1.00. The summed E-state index contributed by atoms with van der Waals surface area (Å²) in [5, 5.41) is 55.0. The third-order valence-corrected chi connectivity index (χ3v) is 26.1. The number of ether oxygens (including phenoxy) is 2. The van der Waals surface area contributed by atoms with Crippen LogP contribution in [0.1, 0.15) is 209 Å². The number of rotatable bonds is 9. The van der Waals surface area contributed by atoms with E-state index in [0.29, 0.717) is 122 Å². The summed E-state index contributed by atoms with van der Waals surface area (Å²) in [7, 11) is 1.95. The Morgan fingerprint density at radius 2 is 1.67 bits per heavy atom. The number of H-pyrrole nitrogens is 1. The number of hydrogen-bond acceptors (Lipinski definition) is 10. The predicted molar refractivity (Wildman–Crippen MR) is 309 cm³/mol. The first-order chi connectivity index (χ1) is 38.6. The molecule has 6 N–H and O–H groups in total. The van der Waals surface area contributed by atoms with Gasteiger partial charge in [0.15, 0.2) is 5.78 Å². The maximum Gasteiger partial charge on any atom is 0.160 e. The van der Waals surface area contributed by atoms with E-state index in [9.17, 15) is 20.4 Å². The molecule has 7 fully saturated rings. The van der Waals surface area contributed by atoms with Gasteiger partial charge < -0.3 is 44.8 Å². The van der Waals surface area contributed by atoms with Crippen LogP contribution < -0.4 is 5.32 Å². The molecule has 2 aromatic heterocycles. The second-order valence-corrected chi connectivity index (χ2v) is 30.1. The number of aromatic nitrogens is 2. The van der Waals surface area contributed by atoms with E-state index < -0.39 is 73.8 Å². The highest BCUT2D eigenvalue weighted by Gasteiger charge is 2.79. The SMILES string of the molecule is CNCC[C@]1(C)C(=O)C[C@]2(CC[C@@H](O)C2)[C@]2(C)[C@H]1CC[C@]13CC#CC[C@@H]4Cc5c[nH]c6c([C@H]7C(=O)CCc8c7cc(C7CCCCC7)cc8C7(O)CCOCC7)cn(c56)C[C@H](C5=C(C(=O)C[C@@]51C)[C@]4(C)C[C@@H](O)[C@H]1OC1(C)C)[C@@H](O)[C@@H]32. The van der Waals surface area contributed by atoms with Crippen LogP contribution >= 0.6 is 0 Å². The Morgan fingerprint density at radius 1 is 0.901 bits per heavy atom. The number of fused-ring (bicyclic) bond motifs is 5. The third-order valence-electron chi connectivity index (χ3n) is 26.1. The first-order valence-electron chi connectivity index (χ1n) is 31.9. The fourth-order valence-corrected chi connectivity index (χ4v) is 21.9. The lowest BCUT2D eigenvalue weighted by molar-refractivity contribution is -0.266. The van der Waals surface area contributed by atoms with E-state index in [1.54, 1.807) is 0 Å². The van der Waals surface area contributed by atoms with Crippen molar-refractivity contribution < 1.29 is 44.3 Å². The average molecular weight is 1110 g/mol. The lowest BCUT2D eigenvalue weighted by Crippen LogP contribution is -2.73. The molecular weight excluding hydrogens is 1010 g/mol. The van der Waals surface area contributed by atoms with Crippen molar-refractivity contribution in [3.8, 4) is 11.8 Å². The minimum atomic E-state index is -1.06. The molecule has 5 heterocycles. The van der Waals surface area contributed by atoms with Crippen LogP contribution in [0, 0.1) is 68.0 Å². The van der Waals surface area contributed by atoms with Crippen molar-refractivity contribution >= 4 is 28.4 Å². The van der Waals surface area contributed by atoms with Crippen molar-refractivity contribution in [3.05, 3.63) is 69.1 Å². The van der Waals surface area contributed by atoms with E-state index in [-0.39, 0.29) is 47.6 Å². The van der Waals surface area contributed by atoms with Gasteiger partial charge in [-0.3, -0.25) is 14.4 Å². The number of aliphatic hydroxyl groups is 4. The van der Waals surface area contributed by atoms with Gasteiger partial charge in [-0.05, 0) is 171 Å². The largest absolute Gasteiger partial charge is 0.393 e. The van der Waals surface area contributed by atoms with Gasteiger partial charge in [0.05, 0.1) is 46.5 Å².